The molecule has 4 nitrogen and oxygen atoms in total. The lowest BCUT2D eigenvalue weighted by molar-refractivity contribution is 0.456. The standard InChI is InChI=1S/C11H13ClN2O2S2/c12-11-13-4-7(17-11)18(15,16)14-10-8-5-1-2-6(3-5)9(8)10/h4-6,8-10,14H,1-3H2. The van der Waals surface area contributed by atoms with Crippen molar-refractivity contribution in [1.29, 1.82) is 0 Å². The molecule has 1 aromatic heterocycles. The highest BCUT2D eigenvalue weighted by atomic mass is 35.5. The zero-order valence-corrected chi connectivity index (χ0v) is 11.9. The number of halogens is 1. The molecule has 2 bridgehead atoms. The maximum Gasteiger partial charge on any atom is 0.251 e. The Balaban J connectivity index is 1.53. The van der Waals surface area contributed by atoms with Crippen LogP contribution < -0.4 is 4.72 Å². The van der Waals surface area contributed by atoms with Crippen molar-refractivity contribution in [3.05, 3.63) is 10.7 Å². The topological polar surface area (TPSA) is 59.1 Å². The Hall–Kier alpha value is -0.170. The number of nitrogens with one attached hydrogen (secondary N) is 1. The fraction of sp³-hybridized carbons (Fsp3) is 0.727. The van der Waals surface area contributed by atoms with Crippen molar-refractivity contribution < 1.29 is 8.42 Å². The number of hydrogen-bond donors (Lipinski definition) is 1. The zero-order valence-electron chi connectivity index (χ0n) is 9.54. The van der Waals surface area contributed by atoms with Gasteiger partial charge in [0.25, 0.3) is 10.0 Å². The highest BCUT2D eigenvalue weighted by molar-refractivity contribution is 7.91. The van der Waals surface area contributed by atoms with Gasteiger partial charge in [0.2, 0.25) is 0 Å². The van der Waals surface area contributed by atoms with Gasteiger partial charge in [0.05, 0.1) is 6.20 Å². The molecule has 4 unspecified atom stereocenters. The van der Waals surface area contributed by atoms with Crippen molar-refractivity contribution in [3.63, 3.8) is 0 Å². The van der Waals surface area contributed by atoms with Crippen LogP contribution >= 0.6 is 22.9 Å². The molecular formula is C11H13ClN2O2S2. The van der Waals surface area contributed by atoms with Gasteiger partial charge in [-0.3, -0.25) is 0 Å². The van der Waals surface area contributed by atoms with Gasteiger partial charge in [0.15, 0.2) is 8.68 Å². The highest BCUT2D eigenvalue weighted by Gasteiger charge is 2.65. The second-order valence-corrected chi connectivity index (χ2v) is 9.12. The van der Waals surface area contributed by atoms with Gasteiger partial charge in [-0.05, 0) is 42.9 Å². The van der Waals surface area contributed by atoms with Crippen molar-refractivity contribution >= 4 is 33.0 Å². The zero-order chi connectivity index (χ0) is 12.5. The summed E-state index contributed by atoms with van der Waals surface area (Å²) in [7, 11) is -3.42. The third-order valence-electron chi connectivity index (χ3n) is 4.75. The molecule has 4 rings (SSSR count). The van der Waals surface area contributed by atoms with E-state index in [1.54, 1.807) is 0 Å². The van der Waals surface area contributed by atoms with Gasteiger partial charge in [0.1, 0.15) is 0 Å². The molecule has 1 N–H and O–H groups in total. The van der Waals surface area contributed by atoms with Crippen LogP contribution in [0.5, 0.6) is 0 Å². The van der Waals surface area contributed by atoms with Gasteiger partial charge in [-0.1, -0.05) is 22.9 Å². The Labute approximate surface area is 115 Å². The minimum atomic E-state index is -3.42. The molecule has 98 valence electrons. The normalized spacial score (nSPS) is 41.1. The van der Waals surface area contributed by atoms with Crippen molar-refractivity contribution in [2.24, 2.45) is 23.7 Å². The summed E-state index contributed by atoms with van der Waals surface area (Å²) in [5.74, 6) is 2.72. The summed E-state index contributed by atoms with van der Waals surface area (Å²) in [5.41, 5.74) is 0. The van der Waals surface area contributed by atoms with Crippen LogP contribution in [0, 0.1) is 23.7 Å². The minimum Gasteiger partial charge on any atom is -0.232 e. The van der Waals surface area contributed by atoms with Crippen LogP contribution in [0.15, 0.2) is 10.4 Å². The SMILES string of the molecule is O=S(=O)(NC1C2C3CCC(C3)C12)c1cnc(Cl)s1. The van der Waals surface area contributed by atoms with Crippen molar-refractivity contribution in [2.75, 3.05) is 0 Å². The molecule has 0 saturated heterocycles. The van der Waals surface area contributed by atoms with E-state index in [1.165, 1.54) is 25.5 Å². The van der Waals surface area contributed by atoms with E-state index in [2.05, 4.69) is 9.71 Å². The summed E-state index contributed by atoms with van der Waals surface area (Å²) in [6.07, 6.45) is 5.23. The van der Waals surface area contributed by atoms with E-state index in [9.17, 15) is 8.42 Å². The second kappa shape index (κ2) is 3.69. The average molecular weight is 305 g/mol. The van der Waals surface area contributed by atoms with E-state index >= 15 is 0 Å². The first-order valence-corrected chi connectivity index (χ1v) is 8.88. The molecule has 7 heteroatoms. The van der Waals surface area contributed by atoms with Crippen molar-refractivity contribution in [1.82, 2.24) is 9.71 Å². The summed E-state index contributed by atoms with van der Waals surface area (Å²) in [5, 5.41) is 0. The molecule has 3 saturated carbocycles. The van der Waals surface area contributed by atoms with Crippen LogP contribution in [0.1, 0.15) is 19.3 Å². The largest absolute Gasteiger partial charge is 0.251 e. The molecule has 0 aliphatic heterocycles. The third-order valence-corrected chi connectivity index (χ3v) is 7.78. The van der Waals surface area contributed by atoms with Crippen molar-refractivity contribution in [3.8, 4) is 0 Å². The molecule has 3 fully saturated rings. The molecule has 0 spiro atoms. The van der Waals surface area contributed by atoms with Gasteiger partial charge >= 0.3 is 0 Å². The maximum atomic E-state index is 12.2. The van der Waals surface area contributed by atoms with Crippen LogP contribution in [0.4, 0.5) is 0 Å². The lowest BCUT2D eigenvalue weighted by Gasteiger charge is -2.09. The summed E-state index contributed by atoms with van der Waals surface area (Å²) in [6, 6.07) is 0.169. The van der Waals surface area contributed by atoms with E-state index in [1.807, 2.05) is 0 Å². The quantitative estimate of drug-likeness (QED) is 0.930. The van der Waals surface area contributed by atoms with E-state index in [0.29, 0.717) is 11.8 Å². The Morgan fingerprint density at radius 2 is 2.00 bits per heavy atom. The minimum absolute atomic E-state index is 0.169. The first-order valence-electron chi connectivity index (χ1n) is 6.20. The molecule has 3 aliphatic carbocycles. The summed E-state index contributed by atoms with van der Waals surface area (Å²) in [4.78, 5) is 3.79. The van der Waals surface area contributed by atoms with Crippen LogP contribution in [-0.4, -0.2) is 19.4 Å². The number of sulfonamides is 1. The van der Waals surface area contributed by atoms with Crippen LogP contribution in [0.3, 0.4) is 0 Å². The number of aromatic nitrogens is 1. The van der Waals surface area contributed by atoms with E-state index in [-0.39, 0.29) is 14.7 Å². The predicted octanol–water partition coefficient (Wildman–Crippen LogP) is 2.12. The van der Waals surface area contributed by atoms with E-state index in [4.69, 9.17) is 11.6 Å². The van der Waals surface area contributed by atoms with E-state index in [0.717, 1.165) is 23.2 Å². The summed E-state index contributed by atoms with van der Waals surface area (Å²) in [6.45, 7) is 0. The number of rotatable bonds is 3. The number of thiazole rings is 1. The fourth-order valence-corrected chi connectivity index (χ4v) is 6.70. The molecule has 18 heavy (non-hydrogen) atoms. The van der Waals surface area contributed by atoms with Gasteiger partial charge in [-0.25, -0.2) is 18.1 Å². The highest BCUT2D eigenvalue weighted by Crippen LogP contribution is 2.65. The first kappa shape index (κ1) is 11.6. The Bertz CT molecular complexity index is 584. The Morgan fingerprint density at radius 3 is 2.56 bits per heavy atom. The Morgan fingerprint density at radius 1 is 1.33 bits per heavy atom. The molecule has 0 amide bonds. The maximum absolute atomic E-state index is 12.2. The summed E-state index contributed by atoms with van der Waals surface area (Å²) >= 11 is 6.70. The van der Waals surface area contributed by atoms with Gasteiger partial charge in [-0.2, -0.15) is 0 Å². The number of nitrogens with zero attached hydrogens (tertiary/aromatic N) is 1. The third kappa shape index (κ3) is 1.59. The molecule has 4 atom stereocenters. The predicted molar refractivity (Wildman–Crippen MR) is 69.0 cm³/mol. The smallest absolute Gasteiger partial charge is 0.232 e. The fourth-order valence-electron chi connectivity index (χ4n) is 4.08. The number of hydrogen-bond acceptors (Lipinski definition) is 4. The summed E-state index contributed by atoms with van der Waals surface area (Å²) < 4.78 is 27.7. The van der Waals surface area contributed by atoms with Gasteiger partial charge in [-0.15, -0.1) is 0 Å². The van der Waals surface area contributed by atoms with Crippen molar-refractivity contribution in [2.45, 2.75) is 29.5 Å². The Kier molecular flexibility index (Phi) is 2.38. The van der Waals surface area contributed by atoms with Crippen LogP contribution in [0.25, 0.3) is 0 Å². The molecule has 0 aromatic carbocycles. The van der Waals surface area contributed by atoms with Gasteiger partial charge < -0.3 is 0 Å². The monoisotopic (exact) mass is 304 g/mol. The van der Waals surface area contributed by atoms with Crippen LogP contribution in [-0.2, 0) is 10.0 Å². The molecular weight excluding hydrogens is 292 g/mol. The molecule has 3 aliphatic rings. The second-order valence-electron chi connectivity index (χ2n) is 5.57. The molecule has 1 aromatic rings. The number of fused-ring (bicyclic) bond motifs is 5. The van der Waals surface area contributed by atoms with Gasteiger partial charge in [0, 0.05) is 6.04 Å². The average Bonchev–Trinajstić information content (AvgIpc) is 2.78. The molecule has 0 radical (unpaired) electrons. The van der Waals surface area contributed by atoms with E-state index < -0.39 is 10.0 Å². The molecule has 1 heterocycles. The lowest BCUT2D eigenvalue weighted by Crippen LogP contribution is -2.29. The lowest BCUT2D eigenvalue weighted by atomic mass is 10.0. The van der Waals surface area contributed by atoms with Crippen LogP contribution in [0.2, 0.25) is 4.47 Å². The first-order chi connectivity index (χ1) is 8.56.